The number of hydrogen-bond donors (Lipinski definition) is 3. The smallest absolute Gasteiger partial charge is 0.124 e. The Balaban J connectivity index is 2.07. The van der Waals surface area contributed by atoms with Crippen molar-refractivity contribution in [1.82, 2.24) is 10.3 Å². The van der Waals surface area contributed by atoms with E-state index >= 15 is 0 Å². The molecular formula is C13H14N2O. The summed E-state index contributed by atoms with van der Waals surface area (Å²) in [6, 6.07) is 9.54. The summed E-state index contributed by atoms with van der Waals surface area (Å²) >= 11 is 0. The highest BCUT2D eigenvalue weighted by molar-refractivity contribution is 5.68. The molecular weight excluding hydrogens is 200 g/mol. The molecule has 0 atom stereocenters. The van der Waals surface area contributed by atoms with Gasteiger partial charge in [0, 0.05) is 36.5 Å². The number of H-pyrrole nitrogens is 1. The summed E-state index contributed by atoms with van der Waals surface area (Å²) in [5.41, 5.74) is 4.48. The van der Waals surface area contributed by atoms with Crippen LogP contribution >= 0.6 is 0 Å². The van der Waals surface area contributed by atoms with E-state index in [0.29, 0.717) is 5.75 Å². The number of para-hydroxylation sites is 1. The first kappa shape index (κ1) is 9.48. The normalized spacial score (nSPS) is 14.8. The van der Waals surface area contributed by atoms with Crippen LogP contribution in [-0.4, -0.2) is 16.6 Å². The summed E-state index contributed by atoms with van der Waals surface area (Å²) in [6.45, 7) is 1.94. The van der Waals surface area contributed by atoms with Crippen LogP contribution in [0.15, 0.2) is 30.3 Å². The van der Waals surface area contributed by atoms with Crippen LogP contribution in [0.2, 0.25) is 0 Å². The van der Waals surface area contributed by atoms with Gasteiger partial charge in [-0.25, -0.2) is 0 Å². The maximum absolute atomic E-state index is 9.79. The van der Waals surface area contributed by atoms with Crippen LogP contribution in [0.5, 0.6) is 5.75 Å². The van der Waals surface area contributed by atoms with E-state index in [-0.39, 0.29) is 0 Å². The first-order valence-corrected chi connectivity index (χ1v) is 5.54. The second-order valence-electron chi connectivity index (χ2n) is 4.13. The minimum absolute atomic E-state index is 0.328. The molecule has 1 aliphatic rings. The Morgan fingerprint density at radius 3 is 2.88 bits per heavy atom. The molecule has 3 N–H and O–H groups in total. The molecule has 1 aliphatic heterocycles. The quantitative estimate of drug-likeness (QED) is 0.680. The molecule has 0 aliphatic carbocycles. The average molecular weight is 214 g/mol. The van der Waals surface area contributed by atoms with Crippen molar-refractivity contribution in [3.05, 3.63) is 41.6 Å². The van der Waals surface area contributed by atoms with E-state index in [4.69, 9.17) is 0 Å². The van der Waals surface area contributed by atoms with Gasteiger partial charge in [0.25, 0.3) is 0 Å². The Labute approximate surface area is 94.1 Å². The van der Waals surface area contributed by atoms with Crippen molar-refractivity contribution in [2.75, 3.05) is 6.54 Å². The lowest BCUT2D eigenvalue weighted by molar-refractivity contribution is 0.477. The van der Waals surface area contributed by atoms with Crippen molar-refractivity contribution in [3.8, 4) is 17.0 Å². The van der Waals surface area contributed by atoms with E-state index in [2.05, 4.69) is 16.4 Å². The zero-order valence-corrected chi connectivity index (χ0v) is 8.96. The van der Waals surface area contributed by atoms with Crippen LogP contribution in [0.4, 0.5) is 0 Å². The van der Waals surface area contributed by atoms with Crippen LogP contribution in [-0.2, 0) is 13.0 Å². The largest absolute Gasteiger partial charge is 0.507 e. The van der Waals surface area contributed by atoms with Crippen molar-refractivity contribution in [1.29, 1.82) is 0 Å². The van der Waals surface area contributed by atoms with E-state index in [1.165, 1.54) is 11.3 Å². The summed E-state index contributed by atoms with van der Waals surface area (Å²) in [5, 5.41) is 13.1. The molecule has 0 saturated heterocycles. The van der Waals surface area contributed by atoms with Crippen LogP contribution in [0, 0.1) is 0 Å². The van der Waals surface area contributed by atoms with E-state index in [9.17, 15) is 5.11 Å². The summed E-state index contributed by atoms with van der Waals surface area (Å²) < 4.78 is 0. The molecule has 0 spiro atoms. The molecule has 1 aromatic heterocycles. The third-order valence-electron chi connectivity index (χ3n) is 3.05. The van der Waals surface area contributed by atoms with Gasteiger partial charge in [-0.1, -0.05) is 12.1 Å². The molecule has 0 radical (unpaired) electrons. The minimum atomic E-state index is 0.328. The molecule has 3 rings (SSSR count). The van der Waals surface area contributed by atoms with Gasteiger partial charge in [-0.15, -0.1) is 0 Å². The Morgan fingerprint density at radius 2 is 2.06 bits per heavy atom. The number of fused-ring (bicyclic) bond motifs is 1. The van der Waals surface area contributed by atoms with Crippen molar-refractivity contribution in [3.63, 3.8) is 0 Å². The molecule has 0 saturated carbocycles. The lowest BCUT2D eigenvalue weighted by Gasteiger charge is -2.11. The number of hydrogen-bond acceptors (Lipinski definition) is 2. The van der Waals surface area contributed by atoms with Gasteiger partial charge >= 0.3 is 0 Å². The maximum atomic E-state index is 9.79. The molecule has 82 valence electrons. The molecule has 3 nitrogen and oxygen atoms in total. The zero-order chi connectivity index (χ0) is 11.0. The summed E-state index contributed by atoms with van der Waals surface area (Å²) in [5.74, 6) is 0.328. The molecule has 2 aromatic rings. The van der Waals surface area contributed by atoms with Crippen molar-refractivity contribution < 1.29 is 5.11 Å². The van der Waals surface area contributed by atoms with Crippen molar-refractivity contribution >= 4 is 0 Å². The Kier molecular flexibility index (Phi) is 2.18. The fourth-order valence-electron chi connectivity index (χ4n) is 2.20. The Hall–Kier alpha value is -1.74. The number of aromatic amines is 1. The highest BCUT2D eigenvalue weighted by Gasteiger charge is 2.14. The van der Waals surface area contributed by atoms with E-state index in [1.807, 2.05) is 18.2 Å². The maximum Gasteiger partial charge on any atom is 0.124 e. The van der Waals surface area contributed by atoms with Gasteiger partial charge < -0.3 is 15.4 Å². The summed E-state index contributed by atoms with van der Waals surface area (Å²) in [7, 11) is 0. The molecule has 0 bridgehead atoms. The SMILES string of the molecule is Oc1ccccc1-c1cc2c([nH]1)CCNC2. The predicted octanol–water partition coefficient (Wildman–Crippen LogP) is 2.03. The molecule has 1 aromatic carbocycles. The minimum Gasteiger partial charge on any atom is -0.507 e. The van der Waals surface area contributed by atoms with E-state index in [1.54, 1.807) is 6.07 Å². The second kappa shape index (κ2) is 3.68. The van der Waals surface area contributed by atoms with E-state index in [0.717, 1.165) is 30.8 Å². The number of phenolic OH excluding ortho intramolecular Hbond substituents is 1. The molecule has 0 fully saturated rings. The molecule has 16 heavy (non-hydrogen) atoms. The summed E-state index contributed by atoms with van der Waals surface area (Å²) in [6.07, 6.45) is 1.03. The third kappa shape index (κ3) is 1.49. The van der Waals surface area contributed by atoms with Crippen LogP contribution < -0.4 is 5.32 Å². The number of aromatic hydroxyl groups is 1. The monoisotopic (exact) mass is 214 g/mol. The van der Waals surface area contributed by atoms with Crippen LogP contribution in [0.25, 0.3) is 11.3 Å². The predicted molar refractivity (Wildman–Crippen MR) is 63.3 cm³/mol. The van der Waals surface area contributed by atoms with Gasteiger partial charge in [0.2, 0.25) is 0 Å². The number of rotatable bonds is 1. The van der Waals surface area contributed by atoms with E-state index < -0.39 is 0 Å². The first-order valence-electron chi connectivity index (χ1n) is 5.54. The highest BCUT2D eigenvalue weighted by Crippen LogP contribution is 2.30. The van der Waals surface area contributed by atoms with Crippen LogP contribution in [0.1, 0.15) is 11.3 Å². The molecule has 2 heterocycles. The molecule has 0 unspecified atom stereocenters. The average Bonchev–Trinajstić information content (AvgIpc) is 2.73. The third-order valence-corrected chi connectivity index (χ3v) is 3.05. The standard InChI is InChI=1S/C13H14N2O/c16-13-4-2-1-3-10(13)12-7-9-8-14-6-5-11(9)15-12/h1-4,7,14-16H,5-6,8H2. The number of phenols is 1. The fourth-order valence-corrected chi connectivity index (χ4v) is 2.20. The van der Waals surface area contributed by atoms with Crippen molar-refractivity contribution in [2.45, 2.75) is 13.0 Å². The Morgan fingerprint density at radius 1 is 1.19 bits per heavy atom. The Bertz CT molecular complexity index is 493. The van der Waals surface area contributed by atoms with Gasteiger partial charge in [-0.05, 0) is 23.8 Å². The molecule has 0 amide bonds. The fraction of sp³-hybridized carbons (Fsp3) is 0.231. The first-order chi connectivity index (χ1) is 7.84. The van der Waals surface area contributed by atoms with Gasteiger partial charge in [0.05, 0.1) is 0 Å². The van der Waals surface area contributed by atoms with Gasteiger partial charge in [-0.3, -0.25) is 0 Å². The highest BCUT2D eigenvalue weighted by atomic mass is 16.3. The number of benzene rings is 1. The lowest BCUT2D eigenvalue weighted by Crippen LogP contribution is -2.22. The topological polar surface area (TPSA) is 48.0 Å². The van der Waals surface area contributed by atoms with Gasteiger partial charge in [0.15, 0.2) is 0 Å². The lowest BCUT2D eigenvalue weighted by atomic mass is 10.1. The zero-order valence-electron chi connectivity index (χ0n) is 8.96. The van der Waals surface area contributed by atoms with Crippen LogP contribution in [0.3, 0.4) is 0 Å². The number of nitrogens with one attached hydrogen (secondary N) is 2. The molecule has 3 heteroatoms. The van der Waals surface area contributed by atoms with Gasteiger partial charge in [-0.2, -0.15) is 0 Å². The van der Waals surface area contributed by atoms with Crippen molar-refractivity contribution in [2.24, 2.45) is 0 Å². The second-order valence-corrected chi connectivity index (χ2v) is 4.13. The summed E-state index contributed by atoms with van der Waals surface area (Å²) in [4.78, 5) is 3.39. The van der Waals surface area contributed by atoms with Gasteiger partial charge in [0.1, 0.15) is 5.75 Å². The number of aromatic nitrogens is 1.